The monoisotopic (exact) mass is 253 g/mol. The van der Waals surface area contributed by atoms with E-state index in [0.29, 0.717) is 0 Å². The van der Waals surface area contributed by atoms with Crippen LogP contribution >= 0.6 is 15.9 Å². The van der Waals surface area contributed by atoms with Crippen LogP contribution in [0.2, 0.25) is 0 Å². The summed E-state index contributed by atoms with van der Waals surface area (Å²) in [4.78, 5) is 2.54. The van der Waals surface area contributed by atoms with Crippen LogP contribution in [0.3, 0.4) is 0 Å². The highest BCUT2D eigenvalue weighted by Gasteiger charge is 2.20. The molecular formula is C12H16BrN. The first-order valence-electron chi connectivity index (χ1n) is 5.20. The molecule has 0 aliphatic carbocycles. The standard InChI is InChI=1S/C12H16BrN/c13-8-12-6-7-14(10-12)9-11-4-2-1-3-5-11/h1-5,12H,6-10H2/t12-/m0/s1. The van der Waals surface area contributed by atoms with Crippen molar-refractivity contribution in [3.05, 3.63) is 35.9 Å². The number of nitrogens with zero attached hydrogens (tertiary/aromatic N) is 1. The summed E-state index contributed by atoms with van der Waals surface area (Å²) in [6, 6.07) is 10.7. The molecule has 1 nitrogen and oxygen atoms in total. The van der Waals surface area contributed by atoms with Crippen molar-refractivity contribution in [1.82, 2.24) is 4.90 Å². The van der Waals surface area contributed by atoms with Gasteiger partial charge in [-0.3, -0.25) is 4.90 Å². The lowest BCUT2D eigenvalue weighted by molar-refractivity contribution is 0.321. The Morgan fingerprint density at radius 3 is 2.71 bits per heavy atom. The zero-order valence-corrected chi connectivity index (χ0v) is 9.91. The fourth-order valence-electron chi connectivity index (χ4n) is 2.02. The van der Waals surface area contributed by atoms with Crippen LogP contribution in [0.25, 0.3) is 0 Å². The lowest BCUT2D eigenvalue weighted by atomic mass is 10.2. The molecule has 0 aromatic heterocycles. The maximum atomic E-state index is 3.56. The summed E-state index contributed by atoms with van der Waals surface area (Å²) in [6.45, 7) is 3.62. The predicted molar refractivity (Wildman–Crippen MR) is 63.6 cm³/mol. The Kier molecular flexibility index (Phi) is 3.60. The van der Waals surface area contributed by atoms with E-state index in [1.165, 1.54) is 25.1 Å². The lowest BCUT2D eigenvalue weighted by Gasteiger charge is -2.15. The Morgan fingerprint density at radius 1 is 1.29 bits per heavy atom. The molecule has 1 fully saturated rings. The van der Waals surface area contributed by atoms with Gasteiger partial charge >= 0.3 is 0 Å². The van der Waals surface area contributed by atoms with Gasteiger partial charge in [0.2, 0.25) is 0 Å². The molecule has 0 radical (unpaired) electrons. The largest absolute Gasteiger partial charge is 0.299 e. The van der Waals surface area contributed by atoms with Gasteiger partial charge in [0.15, 0.2) is 0 Å². The van der Waals surface area contributed by atoms with Crippen LogP contribution < -0.4 is 0 Å². The zero-order valence-electron chi connectivity index (χ0n) is 8.32. The molecule has 0 N–H and O–H groups in total. The number of rotatable bonds is 3. The second kappa shape index (κ2) is 4.94. The number of likely N-dealkylation sites (tertiary alicyclic amines) is 1. The van der Waals surface area contributed by atoms with Crippen molar-refractivity contribution in [2.24, 2.45) is 5.92 Å². The number of hydrogen-bond donors (Lipinski definition) is 0. The summed E-state index contributed by atoms with van der Waals surface area (Å²) in [5.41, 5.74) is 1.43. The quantitative estimate of drug-likeness (QED) is 0.750. The van der Waals surface area contributed by atoms with Crippen molar-refractivity contribution in [2.45, 2.75) is 13.0 Å². The van der Waals surface area contributed by atoms with Crippen LogP contribution in [0.15, 0.2) is 30.3 Å². The van der Waals surface area contributed by atoms with Crippen molar-refractivity contribution in [3.8, 4) is 0 Å². The minimum atomic E-state index is 0.860. The first kappa shape index (κ1) is 10.2. The molecule has 1 aromatic carbocycles. The van der Waals surface area contributed by atoms with E-state index in [1.54, 1.807) is 0 Å². The van der Waals surface area contributed by atoms with Gasteiger partial charge < -0.3 is 0 Å². The minimum absolute atomic E-state index is 0.860. The van der Waals surface area contributed by atoms with E-state index < -0.39 is 0 Å². The first-order valence-corrected chi connectivity index (χ1v) is 6.33. The summed E-state index contributed by atoms with van der Waals surface area (Å²) in [5, 5.41) is 1.15. The number of alkyl halides is 1. The van der Waals surface area contributed by atoms with E-state index in [1.807, 2.05) is 0 Å². The van der Waals surface area contributed by atoms with E-state index in [4.69, 9.17) is 0 Å². The Labute approximate surface area is 94.2 Å². The summed E-state index contributed by atoms with van der Waals surface area (Å²) >= 11 is 3.56. The minimum Gasteiger partial charge on any atom is -0.299 e. The molecule has 1 aliphatic heterocycles. The van der Waals surface area contributed by atoms with Gasteiger partial charge in [-0.05, 0) is 24.4 Å². The first-order chi connectivity index (χ1) is 6.88. The van der Waals surface area contributed by atoms with Crippen molar-refractivity contribution in [3.63, 3.8) is 0 Å². The highest BCUT2D eigenvalue weighted by Crippen LogP contribution is 2.19. The molecule has 1 heterocycles. The smallest absolute Gasteiger partial charge is 0.0233 e. The van der Waals surface area contributed by atoms with Crippen molar-refractivity contribution >= 4 is 15.9 Å². The van der Waals surface area contributed by atoms with E-state index in [-0.39, 0.29) is 0 Å². The fraction of sp³-hybridized carbons (Fsp3) is 0.500. The molecule has 1 aliphatic rings. The van der Waals surface area contributed by atoms with Gasteiger partial charge in [-0.2, -0.15) is 0 Å². The average molecular weight is 254 g/mol. The van der Waals surface area contributed by atoms with Crippen molar-refractivity contribution in [1.29, 1.82) is 0 Å². The van der Waals surface area contributed by atoms with E-state index in [9.17, 15) is 0 Å². The zero-order chi connectivity index (χ0) is 9.80. The topological polar surface area (TPSA) is 3.24 Å². The van der Waals surface area contributed by atoms with Crippen LogP contribution in [0, 0.1) is 5.92 Å². The Hall–Kier alpha value is -0.340. The van der Waals surface area contributed by atoms with Gasteiger partial charge in [0.25, 0.3) is 0 Å². The molecule has 0 saturated carbocycles. The summed E-state index contributed by atoms with van der Waals surface area (Å²) in [6.07, 6.45) is 1.35. The normalized spacial score (nSPS) is 22.8. The van der Waals surface area contributed by atoms with Crippen molar-refractivity contribution in [2.75, 3.05) is 18.4 Å². The summed E-state index contributed by atoms with van der Waals surface area (Å²) < 4.78 is 0. The Balaban J connectivity index is 1.88. The Bertz CT molecular complexity index is 273. The van der Waals surface area contributed by atoms with Gasteiger partial charge in [0, 0.05) is 18.4 Å². The molecule has 0 unspecified atom stereocenters. The highest BCUT2D eigenvalue weighted by molar-refractivity contribution is 9.09. The lowest BCUT2D eigenvalue weighted by Crippen LogP contribution is -2.20. The molecule has 14 heavy (non-hydrogen) atoms. The van der Waals surface area contributed by atoms with Crippen LogP contribution in [0.4, 0.5) is 0 Å². The maximum Gasteiger partial charge on any atom is 0.0233 e. The van der Waals surface area contributed by atoms with Gasteiger partial charge in [0.05, 0.1) is 0 Å². The molecule has 0 spiro atoms. The summed E-state index contributed by atoms with van der Waals surface area (Å²) in [7, 11) is 0. The van der Waals surface area contributed by atoms with Crippen LogP contribution in [-0.4, -0.2) is 23.3 Å². The second-order valence-electron chi connectivity index (χ2n) is 4.03. The molecule has 2 rings (SSSR count). The second-order valence-corrected chi connectivity index (χ2v) is 4.68. The molecule has 1 atom stereocenters. The van der Waals surface area contributed by atoms with Gasteiger partial charge in [-0.15, -0.1) is 0 Å². The Morgan fingerprint density at radius 2 is 2.07 bits per heavy atom. The number of benzene rings is 1. The molecule has 1 saturated heterocycles. The number of halogens is 1. The third-order valence-electron chi connectivity index (χ3n) is 2.84. The third kappa shape index (κ3) is 2.58. The van der Waals surface area contributed by atoms with Gasteiger partial charge in [-0.1, -0.05) is 46.3 Å². The third-order valence-corrected chi connectivity index (χ3v) is 3.75. The van der Waals surface area contributed by atoms with Crippen LogP contribution in [-0.2, 0) is 6.54 Å². The summed E-state index contributed by atoms with van der Waals surface area (Å²) in [5.74, 6) is 0.860. The van der Waals surface area contributed by atoms with E-state index in [0.717, 1.165) is 17.8 Å². The van der Waals surface area contributed by atoms with Gasteiger partial charge in [-0.25, -0.2) is 0 Å². The van der Waals surface area contributed by atoms with Crippen LogP contribution in [0.1, 0.15) is 12.0 Å². The SMILES string of the molecule is BrC[C@@H]1CCN(Cc2ccccc2)C1. The molecular weight excluding hydrogens is 238 g/mol. The molecule has 1 aromatic rings. The molecule has 76 valence electrons. The number of hydrogen-bond acceptors (Lipinski definition) is 1. The fourth-order valence-corrected chi connectivity index (χ4v) is 2.55. The predicted octanol–water partition coefficient (Wildman–Crippen LogP) is 2.90. The molecule has 0 bridgehead atoms. The van der Waals surface area contributed by atoms with Crippen molar-refractivity contribution < 1.29 is 0 Å². The van der Waals surface area contributed by atoms with Crippen LogP contribution in [0.5, 0.6) is 0 Å². The molecule has 2 heteroatoms. The highest BCUT2D eigenvalue weighted by atomic mass is 79.9. The van der Waals surface area contributed by atoms with E-state index in [2.05, 4.69) is 51.2 Å². The molecule has 0 amide bonds. The van der Waals surface area contributed by atoms with Gasteiger partial charge in [0.1, 0.15) is 0 Å². The van der Waals surface area contributed by atoms with E-state index >= 15 is 0 Å². The average Bonchev–Trinajstić information content (AvgIpc) is 2.67. The maximum absolute atomic E-state index is 3.56.